The van der Waals surface area contributed by atoms with Gasteiger partial charge in [-0.15, -0.1) is 0 Å². The first-order chi connectivity index (χ1) is 8.54. The highest BCUT2D eigenvalue weighted by Gasteiger charge is 2.17. The molecule has 0 saturated heterocycles. The summed E-state index contributed by atoms with van der Waals surface area (Å²) in [7, 11) is 3.97. The number of aromatic nitrogens is 2. The quantitative estimate of drug-likeness (QED) is 0.898. The van der Waals surface area contributed by atoms with Gasteiger partial charge in [-0.1, -0.05) is 18.2 Å². The van der Waals surface area contributed by atoms with Gasteiger partial charge in [-0.3, -0.25) is 4.68 Å². The first-order valence-electron chi connectivity index (χ1n) is 6.27. The van der Waals surface area contributed by atoms with Crippen molar-refractivity contribution in [3.05, 3.63) is 52.3 Å². The van der Waals surface area contributed by atoms with Gasteiger partial charge >= 0.3 is 0 Å². The predicted molar refractivity (Wildman–Crippen MR) is 74.8 cm³/mol. The fourth-order valence-electron chi connectivity index (χ4n) is 2.24. The zero-order valence-electron chi connectivity index (χ0n) is 11.8. The van der Waals surface area contributed by atoms with Gasteiger partial charge in [0.25, 0.3) is 0 Å². The van der Waals surface area contributed by atoms with Gasteiger partial charge in [0.15, 0.2) is 0 Å². The maximum Gasteiger partial charge on any atom is 0.0608 e. The number of nitrogens with one attached hydrogen (secondary N) is 1. The van der Waals surface area contributed by atoms with E-state index in [1.54, 1.807) is 0 Å². The molecular weight excluding hydrogens is 222 g/mol. The van der Waals surface area contributed by atoms with E-state index < -0.39 is 0 Å². The fraction of sp³-hybridized carbons (Fsp3) is 0.400. The van der Waals surface area contributed by atoms with E-state index in [1.165, 1.54) is 27.9 Å². The van der Waals surface area contributed by atoms with Crippen molar-refractivity contribution in [2.75, 3.05) is 7.05 Å². The van der Waals surface area contributed by atoms with Gasteiger partial charge in [-0.05, 0) is 44.5 Å². The molecule has 0 aliphatic heterocycles. The summed E-state index contributed by atoms with van der Waals surface area (Å²) >= 11 is 0. The van der Waals surface area contributed by atoms with Crippen LogP contribution < -0.4 is 5.32 Å². The lowest BCUT2D eigenvalue weighted by Crippen LogP contribution is -2.18. The van der Waals surface area contributed by atoms with Crippen LogP contribution in [0.2, 0.25) is 0 Å². The van der Waals surface area contributed by atoms with Gasteiger partial charge < -0.3 is 5.32 Å². The fourth-order valence-corrected chi connectivity index (χ4v) is 2.24. The molecule has 2 rings (SSSR count). The molecule has 0 spiro atoms. The number of aryl methyl sites for hydroxylation is 3. The SMILES string of the molecule is CNC(c1ccc(C)c(C)c1)c1cnn(C)c1C. The lowest BCUT2D eigenvalue weighted by atomic mass is 9.96. The lowest BCUT2D eigenvalue weighted by Gasteiger charge is -2.17. The van der Waals surface area contributed by atoms with E-state index in [0.717, 1.165) is 0 Å². The van der Waals surface area contributed by atoms with Gasteiger partial charge in [0.05, 0.1) is 12.2 Å². The van der Waals surface area contributed by atoms with E-state index >= 15 is 0 Å². The number of nitrogens with zero attached hydrogens (tertiary/aromatic N) is 2. The Morgan fingerprint density at radius 2 is 1.89 bits per heavy atom. The summed E-state index contributed by atoms with van der Waals surface area (Å²) in [6.07, 6.45) is 1.95. The van der Waals surface area contributed by atoms with Crippen molar-refractivity contribution >= 4 is 0 Å². The van der Waals surface area contributed by atoms with Gasteiger partial charge in [0, 0.05) is 18.3 Å². The highest BCUT2D eigenvalue weighted by atomic mass is 15.3. The van der Waals surface area contributed by atoms with Gasteiger partial charge in [0.1, 0.15) is 0 Å². The molecule has 0 amide bonds. The molecule has 0 fully saturated rings. The zero-order valence-corrected chi connectivity index (χ0v) is 11.8. The molecule has 1 aromatic carbocycles. The molecule has 1 N–H and O–H groups in total. The minimum absolute atomic E-state index is 0.206. The molecule has 0 aliphatic rings. The maximum atomic E-state index is 4.33. The van der Waals surface area contributed by atoms with Crippen LogP contribution in [-0.2, 0) is 7.05 Å². The molecule has 0 saturated carbocycles. The monoisotopic (exact) mass is 243 g/mol. The van der Waals surface area contributed by atoms with Crippen LogP contribution in [0, 0.1) is 20.8 Å². The Morgan fingerprint density at radius 1 is 1.17 bits per heavy atom. The average molecular weight is 243 g/mol. The van der Waals surface area contributed by atoms with Crippen LogP contribution in [0.3, 0.4) is 0 Å². The molecular formula is C15H21N3. The molecule has 0 aliphatic carbocycles. The molecule has 1 heterocycles. The van der Waals surface area contributed by atoms with Crippen LogP contribution in [0.25, 0.3) is 0 Å². The molecule has 1 unspecified atom stereocenters. The van der Waals surface area contributed by atoms with E-state index in [2.05, 4.69) is 49.4 Å². The van der Waals surface area contributed by atoms with E-state index in [0.29, 0.717) is 0 Å². The standard InChI is InChI=1S/C15H21N3/c1-10-6-7-13(8-11(10)2)15(16-4)14-9-17-18(5)12(14)3/h6-9,15-16H,1-5H3. The van der Waals surface area contributed by atoms with Gasteiger partial charge in [0.2, 0.25) is 0 Å². The van der Waals surface area contributed by atoms with E-state index in [1.807, 2.05) is 25.0 Å². The Labute approximate surface area is 109 Å². The molecule has 3 nitrogen and oxygen atoms in total. The molecule has 2 aromatic rings. The van der Waals surface area contributed by atoms with Crippen LogP contribution >= 0.6 is 0 Å². The third-order valence-corrected chi connectivity index (χ3v) is 3.74. The Morgan fingerprint density at radius 3 is 2.39 bits per heavy atom. The Kier molecular flexibility index (Phi) is 3.53. The Hall–Kier alpha value is -1.61. The summed E-state index contributed by atoms with van der Waals surface area (Å²) in [5, 5.41) is 7.71. The second-order valence-corrected chi connectivity index (χ2v) is 4.87. The number of rotatable bonds is 3. The first-order valence-corrected chi connectivity index (χ1v) is 6.27. The number of benzene rings is 1. The summed E-state index contributed by atoms with van der Waals surface area (Å²) in [6, 6.07) is 6.83. The van der Waals surface area contributed by atoms with Crippen molar-refractivity contribution in [3.63, 3.8) is 0 Å². The number of hydrogen-bond acceptors (Lipinski definition) is 2. The van der Waals surface area contributed by atoms with E-state index in [-0.39, 0.29) is 6.04 Å². The normalized spacial score (nSPS) is 12.7. The third-order valence-electron chi connectivity index (χ3n) is 3.74. The lowest BCUT2D eigenvalue weighted by molar-refractivity contribution is 0.678. The largest absolute Gasteiger partial charge is 0.309 e. The molecule has 1 atom stereocenters. The van der Waals surface area contributed by atoms with Crippen molar-refractivity contribution in [1.29, 1.82) is 0 Å². The highest BCUT2D eigenvalue weighted by Crippen LogP contribution is 2.25. The van der Waals surface area contributed by atoms with Crippen molar-refractivity contribution in [3.8, 4) is 0 Å². The van der Waals surface area contributed by atoms with Crippen molar-refractivity contribution < 1.29 is 0 Å². The molecule has 18 heavy (non-hydrogen) atoms. The first kappa shape index (κ1) is 12.8. The predicted octanol–water partition coefficient (Wildman–Crippen LogP) is 2.65. The summed E-state index contributed by atoms with van der Waals surface area (Å²) in [5.41, 5.74) is 6.39. The third kappa shape index (κ3) is 2.18. The molecule has 1 aromatic heterocycles. The maximum absolute atomic E-state index is 4.33. The Balaban J connectivity index is 2.45. The topological polar surface area (TPSA) is 29.9 Å². The van der Waals surface area contributed by atoms with E-state index in [9.17, 15) is 0 Å². The van der Waals surface area contributed by atoms with Gasteiger partial charge in [-0.25, -0.2) is 0 Å². The van der Waals surface area contributed by atoms with Crippen LogP contribution in [0.1, 0.15) is 34.0 Å². The van der Waals surface area contributed by atoms with Crippen LogP contribution in [0.15, 0.2) is 24.4 Å². The summed E-state index contributed by atoms with van der Waals surface area (Å²) in [6.45, 7) is 6.40. The number of hydrogen-bond donors (Lipinski definition) is 1. The second kappa shape index (κ2) is 4.94. The average Bonchev–Trinajstić information content (AvgIpc) is 2.67. The van der Waals surface area contributed by atoms with Crippen LogP contribution in [-0.4, -0.2) is 16.8 Å². The van der Waals surface area contributed by atoms with Crippen LogP contribution in [0.5, 0.6) is 0 Å². The van der Waals surface area contributed by atoms with Crippen molar-refractivity contribution in [2.45, 2.75) is 26.8 Å². The summed E-state index contributed by atoms with van der Waals surface area (Å²) < 4.78 is 1.92. The Bertz CT molecular complexity index is 555. The van der Waals surface area contributed by atoms with Crippen molar-refractivity contribution in [2.24, 2.45) is 7.05 Å². The smallest absolute Gasteiger partial charge is 0.0608 e. The molecule has 96 valence electrons. The minimum Gasteiger partial charge on any atom is -0.309 e. The molecule has 0 radical (unpaired) electrons. The van der Waals surface area contributed by atoms with Gasteiger partial charge in [-0.2, -0.15) is 5.10 Å². The summed E-state index contributed by atoms with van der Waals surface area (Å²) in [5.74, 6) is 0. The van der Waals surface area contributed by atoms with Crippen molar-refractivity contribution in [1.82, 2.24) is 15.1 Å². The molecule has 3 heteroatoms. The minimum atomic E-state index is 0.206. The second-order valence-electron chi connectivity index (χ2n) is 4.87. The van der Waals surface area contributed by atoms with E-state index in [4.69, 9.17) is 0 Å². The summed E-state index contributed by atoms with van der Waals surface area (Å²) in [4.78, 5) is 0. The van der Waals surface area contributed by atoms with Crippen LogP contribution in [0.4, 0.5) is 0 Å². The molecule has 0 bridgehead atoms. The highest BCUT2D eigenvalue weighted by molar-refractivity contribution is 5.37. The zero-order chi connectivity index (χ0) is 13.3.